The molecular formula is C19H23ClN2. The number of para-hydroxylation sites is 1. The first-order valence-corrected chi connectivity index (χ1v) is 8.30. The zero-order valence-corrected chi connectivity index (χ0v) is 14.1. The number of hydrogen-bond acceptors (Lipinski definition) is 2. The third-order valence-electron chi connectivity index (χ3n) is 4.25. The highest BCUT2D eigenvalue weighted by Gasteiger charge is 2.22. The third-order valence-corrected chi connectivity index (χ3v) is 4.51. The van der Waals surface area contributed by atoms with Crippen molar-refractivity contribution >= 4 is 17.3 Å². The van der Waals surface area contributed by atoms with E-state index >= 15 is 0 Å². The molecule has 0 radical (unpaired) electrons. The lowest BCUT2D eigenvalue weighted by atomic mass is 10.0. The van der Waals surface area contributed by atoms with Crippen LogP contribution in [0.4, 0.5) is 5.69 Å². The molecule has 0 aromatic heterocycles. The highest BCUT2D eigenvalue weighted by Crippen LogP contribution is 2.36. The van der Waals surface area contributed by atoms with E-state index in [1.807, 2.05) is 0 Å². The van der Waals surface area contributed by atoms with E-state index in [1.165, 1.54) is 22.5 Å². The van der Waals surface area contributed by atoms with Crippen LogP contribution in [0.1, 0.15) is 18.4 Å². The Bertz CT molecular complexity index is 641. The molecule has 0 unspecified atom stereocenters. The number of halogens is 1. The topological polar surface area (TPSA) is 6.48 Å². The second-order valence-corrected chi connectivity index (χ2v) is 6.63. The van der Waals surface area contributed by atoms with Gasteiger partial charge in [0.15, 0.2) is 0 Å². The van der Waals surface area contributed by atoms with Crippen molar-refractivity contribution in [3.8, 4) is 0 Å². The van der Waals surface area contributed by atoms with Crippen molar-refractivity contribution in [3.05, 3.63) is 64.4 Å². The van der Waals surface area contributed by atoms with Gasteiger partial charge in [-0.2, -0.15) is 0 Å². The maximum absolute atomic E-state index is 6.29. The Morgan fingerprint density at radius 2 is 1.95 bits per heavy atom. The molecule has 0 saturated heterocycles. The molecule has 1 aromatic rings. The number of allylic oxidation sites excluding steroid dienone is 5. The van der Waals surface area contributed by atoms with Crippen molar-refractivity contribution in [1.82, 2.24) is 4.90 Å². The van der Waals surface area contributed by atoms with E-state index in [4.69, 9.17) is 11.6 Å². The number of rotatable bonds is 4. The summed E-state index contributed by atoms with van der Waals surface area (Å²) in [6.45, 7) is 2.11. The second-order valence-electron chi connectivity index (χ2n) is 6.19. The summed E-state index contributed by atoms with van der Waals surface area (Å²) in [4.78, 5) is 4.69. The smallest absolute Gasteiger partial charge is 0.0458 e. The summed E-state index contributed by atoms with van der Waals surface area (Å²) < 4.78 is 0. The monoisotopic (exact) mass is 314 g/mol. The molecule has 116 valence electrons. The fraction of sp³-hybridized carbons (Fsp3) is 0.368. The molecule has 0 N–H and O–H groups in total. The summed E-state index contributed by atoms with van der Waals surface area (Å²) in [5, 5.41) is 0.851. The van der Waals surface area contributed by atoms with Gasteiger partial charge < -0.3 is 9.80 Å². The van der Waals surface area contributed by atoms with Crippen LogP contribution in [0.15, 0.2) is 58.8 Å². The van der Waals surface area contributed by atoms with Crippen LogP contribution in [0, 0.1) is 0 Å². The lowest BCUT2D eigenvalue weighted by Gasteiger charge is -2.30. The van der Waals surface area contributed by atoms with Crippen LogP contribution in [0.5, 0.6) is 0 Å². The Morgan fingerprint density at radius 1 is 1.14 bits per heavy atom. The van der Waals surface area contributed by atoms with Gasteiger partial charge in [-0.3, -0.25) is 0 Å². The lowest BCUT2D eigenvalue weighted by Crippen LogP contribution is -2.28. The summed E-state index contributed by atoms with van der Waals surface area (Å²) in [6.07, 6.45) is 9.64. The Labute approximate surface area is 138 Å². The van der Waals surface area contributed by atoms with Crippen molar-refractivity contribution in [2.24, 2.45) is 0 Å². The van der Waals surface area contributed by atoms with Gasteiger partial charge in [0.1, 0.15) is 0 Å². The van der Waals surface area contributed by atoms with E-state index in [0.717, 1.165) is 37.4 Å². The molecule has 0 spiro atoms. The molecule has 0 amide bonds. The number of hydrogen-bond donors (Lipinski definition) is 0. The van der Waals surface area contributed by atoms with Gasteiger partial charge in [-0.05, 0) is 63.2 Å². The van der Waals surface area contributed by atoms with Crippen molar-refractivity contribution in [3.63, 3.8) is 0 Å². The quantitative estimate of drug-likeness (QED) is 0.816. The van der Waals surface area contributed by atoms with E-state index < -0.39 is 0 Å². The second kappa shape index (κ2) is 6.72. The van der Waals surface area contributed by atoms with Crippen molar-refractivity contribution in [2.75, 3.05) is 32.1 Å². The highest BCUT2D eigenvalue weighted by atomic mass is 35.5. The standard InChI is InChI=1S/C19H23ClN2/c1-21(2)12-5-13-22-18-7-4-3-6-15(18)8-9-16-10-11-17(20)14-19(16)22/h3-4,6-7,9,11,14H,5,8,10,12-13H2,1-2H3. The van der Waals surface area contributed by atoms with Crippen LogP contribution in [0.25, 0.3) is 0 Å². The van der Waals surface area contributed by atoms with Crippen LogP contribution in [0.3, 0.4) is 0 Å². The predicted octanol–water partition coefficient (Wildman–Crippen LogP) is 4.34. The molecule has 3 rings (SSSR count). The molecule has 3 heteroatoms. The van der Waals surface area contributed by atoms with Gasteiger partial charge in [-0.1, -0.05) is 42.0 Å². The van der Waals surface area contributed by atoms with Crippen molar-refractivity contribution < 1.29 is 0 Å². The molecule has 1 aliphatic carbocycles. The SMILES string of the molecule is CN(C)CCCN1C2=CC(Cl)=CCC2=CCc2ccccc21. The van der Waals surface area contributed by atoms with E-state index in [1.54, 1.807) is 0 Å². The predicted molar refractivity (Wildman–Crippen MR) is 95.4 cm³/mol. The third kappa shape index (κ3) is 3.29. The van der Waals surface area contributed by atoms with Gasteiger partial charge in [0.2, 0.25) is 0 Å². The largest absolute Gasteiger partial charge is 0.341 e. The first-order valence-electron chi connectivity index (χ1n) is 7.92. The van der Waals surface area contributed by atoms with Gasteiger partial charge in [-0.15, -0.1) is 0 Å². The average molecular weight is 315 g/mol. The van der Waals surface area contributed by atoms with Crippen molar-refractivity contribution in [2.45, 2.75) is 19.3 Å². The highest BCUT2D eigenvalue weighted by molar-refractivity contribution is 6.31. The molecule has 1 aromatic carbocycles. The minimum Gasteiger partial charge on any atom is -0.341 e. The maximum atomic E-state index is 6.29. The van der Waals surface area contributed by atoms with Gasteiger partial charge in [0, 0.05) is 23.0 Å². The Kier molecular flexibility index (Phi) is 4.70. The Morgan fingerprint density at radius 3 is 2.77 bits per heavy atom. The minimum absolute atomic E-state index is 0.851. The molecule has 0 atom stereocenters. The van der Waals surface area contributed by atoms with E-state index in [-0.39, 0.29) is 0 Å². The normalized spacial score (nSPS) is 17.3. The summed E-state index contributed by atoms with van der Waals surface area (Å²) in [6, 6.07) is 8.72. The van der Waals surface area contributed by atoms with Gasteiger partial charge in [-0.25, -0.2) is 0 Å². The van der Waals surface area contributed by atoms with Crippen LogP contribution in [-0.4, -0.2) is 32.1 Å². The molecule has 0 saturated carbocycles. The molecule has 1 heterocycles. The summed E-state index contributed by atoms with van der Waals surface area (Å²) >= 11 is 6.29. The Hall–Kier alpha value is -1.51. The van der Waals surface area contributed by atoms with Crippen LogP contribution in [0.2, 0.25) is 0 Å². The molecule has 2 aliphatic rings. The average Bonchev–Trinajstić information content (AvgIpc) is 2.65. The maximum Gasteiger partial charge on any atom is 0.0458 e. The summed E-state index contributed by atoms with van der Waals surface area (Å²) in [5.41, 5.74) is 5.39. The number of nitrogens with zero attached hydrogens (tertiary/aromatic N) is 2. The van der Waals surface area contributed by atoms with Crippen LogP contribution in [-0.2, 0) is 6.42 Å². The fourth-order valence-electron chi connectivity index (χ4n) is 3.13. The summed E-state index contributed by atoms with van der Waals surface area (Å²) in [5.74, 6) is 0. The molecular weight excluding hydrogens is 292 g/mol. The van der Waals surface area contributed by atoms with Gasteiger partial charge >= 0.3 is 0 Å². The molecule has 22 heavy (non-hydrogen) atoms. The van der Waals surface area contributed by atoms with E-state index in [0.29, 0.717) is 0 Å². The lowest BCUT2D eigenvalue weighted by molar-refractivity contribution is 0.402. The molecule has 0 fully saturated rings. The van der Waals surface area contributed by atoms with Gasteiger partial charge in [0.25, 0.3) is 0 Å². The van der Waals surface area contributed by atoms with Crippen LogP contribution >= 0.6 is 11.6 Å². The minimum atomic E-state index is 0.851. The molecule has 2 nitrogen and oxygen atoms in total. The van der Waals surface area contributed by atoms with Gasteiger partial charge in [0.05, 0.1) is 0 Å². The van der Waals surface area contributed by atoms with Crippen LogP contribution < -0.4 is 4.90 Å². The first kappa shape index (κ1) is 15.4. The zero-order chi connectivity index (χ0) is 15.5. The fourth-order valence-corrected chi connectivity index (χ4v) is 3.31. The number of benzene rings is 1. The van der Waals surface area contributed by atoms with E-state index in [9.17, 15) is 0 Å². The van der Waals surface area contributed by atoms with Crippen molar-refractivity contribution in [1.29, 1.82) is 0 Å². The Balaban J connectivity index is 1.95. The zero-order valence-electron chi connectivity index (χ0n) is 13.3. The molecule has 1 aliphatic heterocycles. The van der Waals surface area contributed by atoms with E-state index in [2.05, 4.69) is 66.4 Å². The summed E-state index contributed by atoms with van der Waals surface area (Å²) in [7, 11) is 4.25. The number of anilines is 1. The number of fused-ring (bicyclic) bond motifs is 2. The first-order chi connectivity index (χ1) is 10.6. The molecule has 0 bridgehead atoms.